The molecule has 290 valence electrons. The van der Waals surface area contributed by atoms with E-state index in [0.717, 1.165) is 105 Å². The average molecular weight is 794 g/mol. The molecule has 0 saturated carbocycles. The van der Waals surface area contributed by atoms with Crippen molar-refractivity contribution in [3.8, 4) is 78.7 Å². The lowest BCUT2D eigenvalue weighted by molar-refractivity contribution is 0.668. The van der Waals surface area contributed by atoms with Gasteiger partial charge in [-0.1, -0.05) is 170 Å². The highest BCUT2D eigenvalue weighted by Crippen LogP contribution is 2.45. The third kappa shape index (κ3) is 6.14. The van der Waals surface area contributed by atoms with Crippen molar-refractivity contribution in [3.63, 3.8) is 0 Å². The molecule has 0 aliphatic rings. The van der Waals surface area contributed by atoms with E-state index < -0.39 is 0 Å². The lowest BCUT2D eigenvalue weighted by atomic mass is 9.95. The average Bonchev–Trinajstić information content (AvgIpc) is 3.93. The van der Waals surface area contributed by atoms with Gasteiger partial charge in [-0.2, -0.15) is 0 Å². The molecule has 0 atom stereocenters. The van der Waals surface area contributed by atoms with Gasteiger partial charge >= 0.3 is 0 Å². The Morgan fingerprint density at radius 2 is 0.758 bits per heavy atom. The van der Waals surface area contributed by atoms with Crippen molar-refractivity contribution < 1.29 is 8.83 Å². The minimum atomic E-state index is 0.553. The highest BCUT2D eigenvalue weighted by Gasteiger charge is 2.23. The van der Waals surface area contributed by atoms with Gasteiger partial charge in [0.2, 0.25) is 0 Å². The van der Waals surface area contributed by atoms with E-state index in [4.69, 9.17) is 23.8 Å². The molecular weight excluding hydrogens is 759 g/mol. The summed E-state index contributed by atoms with van der Waals surface area (Å²) in [5, 5.41) is 4.23. The van der Waals surface area contributed by atoms with Crippen molar-refractivity contribution in [2.75, 3.05) is 0 Å². The molecule has 0 spiro atoms. The van der Waals surface area contributed by atoms with Crippen LogP contribution in [0.4, 0.5) is 0 Å². The summed E-state index contributed by atoms with van der Waals surface area (Å²) in [6.07, 6.45) is 0. The second kappa shape index (κ2) is 14.7. The van der Waals surface area contributed by atoms with Gasteiger partial charge < -0.3 is 8.83 Å². The number of fused-ring (bicyclic) bond motifs is 6. The van der Waals surface area contributed by atoms with Crippen LogP contribution in [0, 0.1) is 0 Å². The zero-order chi connectivity index (χ0) is 41.0. The Morgan fingerprint density at radius 3 is 1.44 bits per heavy atom. The Balaban J connectivity index is 1.08. The monoisotopic (exact) mass is 793 g/mol. The maximum atomic E-state index is 7.11. The maximum Gasteiger partial charge on any atom is 0.164 e. The van der Waals surface area contributed by atoms with Gasteiger partial charge in [0.15, 0.2) is 17.5 Å². The smallest absolute Gasteiger partial charge is 0.164 e. The van der Waals surface area contributed by atoms with Crippen LogP contribution in [-0.2, 0) is 0 Å². The summed E-state index contributed by atoms with van der Waals surface area (Å²) in [5.41, 5.74) is 14.3. The van der Waals surface area contributed by atoms with Crippen molar-refractivity contribution >= 4 is 43.9 Å². The Hall–Kier alpha value is -8.41. The minimum Gasteiger partial charge on any atom is -0.456 e. The first-order chi connectivity index (χ1) is 30.7. The highest BCUT2D eigenvalue weighted by molar-refractivity contribution is 6.15. The number of para-hydroxylation sites is 2. The normalized spacial score (nSPS) is 11.5. The molecule has 0 fully saturated rings. The predicted octanol–water partition coefficient (Wildman–Crippen LogP) is 15.3. The van der Waals surface area contributed by atoms with E-state index >= 15 is 0 Å². The molecule has 0 aliphatic carbocycles. The van der Waals surface area contributed by atoms with Gasteiger partial charge in [-0.3, -0.25) is 0 Å². The Kier molecular flexibility index (Phi) is 8.42. The quantitative estimate of drug-likeness (QED) is 0.161. The number of hydrogen-bond donors (Lipinski definition) is 0. The van der Waals surface area contributed by atoms with Crippen molar-refractivity contribution in [1.82, 2.24) is 15.0 Å². The van der Waals surface area contributed by atoms with Crippen molar-refractivity contribution in [2.24, 2.45) is 0 Å². The van der Waals surface area contributed by atoms with Crippen molar-refractivity contribution in [1.29, 1.82) is 0 Å². The van der Waals surface area contributed by atoms with Crippen LogP contribution in [0.25, 0.3) is 123 Å². The SMILES string of the molecule is c1ccc(-c2cccc(-c3nc(-c4cccc(-c5ccccc5)c4)nc(-c4ccc5c(oc6c(-c7ccc8c(c7)oc7ccccc78)cccc65)c4-c4ccccc4)n3)c2)cc1. The third-order valence-corrected chi connectivity index (χ3v) is 11.8. The molecule has 0 aliphatic heterocycles. The van der Waals surface area contributed by atoms with E-state index in [-0.39, 0.29) is 0 Å². The summed E-state index contributed by atoms with van der Waals surface area (Å²) < 4.78 is 13.4. The van der Waals surface area contributed by atoms with Gasteiger partial charge in [0, 0.05) is 49.4 Å². The van der Waals surface area contributed by atoms with Crippen LogP contribution in [0.2, 0.25) is 0 Å². The fourth-order valence-electron chi connectivity index (χ4n) is 8.75. The van der Waals surface area contributed by atoms with Crippen LogP contribution < -0.4 is 0 Å². The molecule has 0 amide bonds. The van der Waals surface area contributed by atoms with E-state index in [9.17, 15) is 0 Å². The van der Waals surface area contributed by atoms with Crippen LogP contribution in [0.15, 0.2) is 221 Å². The Labute approximate surface area is 357 Å². The van der Waals surface area contributed by atoms with Gasteiger partial charge in [-0.15, -0.1) is 0 Å². The number of rotatable bonds is 7. The molecule has 3 aromatic heterocycles. The molecule has 0 bridgehead atoms. The third-order valence-electron chi connectivity index (χ3n) is 11.8. The molecule has 0 unspecified atom stereocenters. The molecule has 62 heavy (non-hydrogen) atoms. The maximum absolute atomic E-state index is 7.11. The van der Waals surface area contributed by atoms with Crippen LogP contribution >= 0.6 is 0 Å². The molecule has 12 rings (SSSR count). The summed E-state index contributed by atoms with van der Waals surface area (Å²) in [4.78, 5) is 15.8. The van der Waals surface area contributed by atoms with E-state index in [1.807, 2.05) is 36.4 Å². The first kappa shape index (κ1) is 35.5. The van der Waals surface area contributed by atoms with Gasteiger partial charge in [0.25, 0.3) is 0 Å². The summed E-state index contributed by atoms with van der Waals surface area (Å²) in [7, 11) is 0. The molecule has 5 nitrogen and oxygen atoms in total. The largest absolute Gasteiger partial charge is 0.456 e. The molecule has 9 aromatic carbocycles. The molecule has 0 N–H and O–H groups in total. The van der Waals surface area contributed by atoms with Gasteiger partial charge in [0.1, 0.15) is 22.3 Å². The topological polar surface area (TPSA) is 65.0 Å². The first-order valence-electron chi connectivity index (χ1n) is 20.8. The molecular formula is C57H35N3O2. The van der Waals surface area contributed by atoms with Crippen LogP contribution in [0.5, 0.6) is 0 Å². The second-order valence-electron chi connectivity index (χ2n) is 15.5. The molecule has 12 aromatic rings. The lowest BCUT2D eigenvalue weighted by Crippen LogP contribution is -2.01. The summed E-state index contributed by atoms with van der Waals surface area (Å²) in [5.74, 6) is 1.72. The molecule has 0 radical (unpaired) electrons. The highest BCUT2D eigenvalue weighted by atomic mass is 16.3. The summed E-state index contributed by atoms with van der Waals surface area (Å²) >= 11 is 0. The number of hydrogen-bond acceptors (Lipinski definition) is 5. The number of benzene rings is 9. The molecule has 5 heteroatoms. The van der Waals surface area contributed by atoms with Crippen LogP contribution in [-0.4, -0.2) is 15.0 Å². The fraction of sp³-hybridized carbons (Fsp3) is 0. The van der Waals surface area contributed by atoms with Crippen molar-refractivity contribution in [3.05, 3.63) is 212 Å². The number of aromatic nitrogens is 3. The van der Waals surface area contributed by atoms with Crippen molar-refractivity contribution in [2.45, 2.75) is 0 Å². The van der Waals surface area contributed by atoms with E-state index in [1.165, 1.54) is 0 Å². The molecule has 3 heterocycles. The Morgan fingerprint density at radius 1 is 0.258 bits per heavy atom. The number of nitrogens with zero attached hydrogens (tertiary/aromatic N) is 3. The minimum absolute atomic E-state index is 0.553. The molecule has 0 saturated heterocycles. The van der Waals surface area contributed by atoms with E-state index in [0.29, 0.717) is 17.5 Å². The standard InChI is InChI=1S/C57H35N3O2/c1-4-15-36(16-5-1)39-21-12-23-42(33-39)55-58-56(43-24-13-22-40(34-43)37-17-6-2-7-18-37)60-57(59-55)49-32-31-48-47-27-14-26-44(53(47)62-54(48)52(49)38-19-8-3-9-20-38)41-29-30-46-45-25-10-11-28-50(45)61-51(46)35-41/h1-35H. The van der Waals surface area contributed by atoms with Gasteiger partial charge in [-0.25, -0.2) is 15.0 Å². The second-order valence-corrected chi connectivity index (χ2v) is 15.5. The summed E-state index contributed by atoms with van der Waals surface area (Å²) in [6, 6.07) is 73.2. The zero-order valence-electron chi connectivity index (χ0n) is 33.4. The zero-order valence-corrected chi connectivity index (χ0v) is 33.4. The summed E-state index contributed by atoms with van der Waals surface area (Å²) in [6.45, 7) is 0. The predicted molar refractivity (Wildman–Crippen MR) is 252 cm³/mol. The van der Waals surface area contributed by atoms with Gasteiger partial charge in [0.05, 0.1) is 0 Å². The first-order valence-corrected chi connectivity index (χ1v) is 20.8. The fourth-order valence-corrected chi connectivity index (χ4v) is 8.75. The van der Waals surface area contributed by atoms with Crippen LogP contribution in [0.1, 0.15) is 0 Å². The van der Waals surface area contributed by atoms with E-state index in [2.05, 4.69) is 176 Å². The van der Waals surface area contributed by atoms with Gasteiger partial charge in [-0.05, 0) is 75.8 Å². The van der Waals surface area contributed by atoms with E-state index in [1.54, 1.807) is 0 Å². The Bertz CT molecular complexity index is 3530. The lowest BCUT2D eigenvalue weighted by Gasteiger charge is -2.13. The number of furan rings is 2. The van der Waals surface area contributed by atoms with Crippen LogP contribution in [0.3, 0.4) is 0 Å².